The van der Waals surface area contributed by atoms with Crippen molar-refractivity contribution in [2.45, 2.75) is 25.4 Å². The van der Waals surface area contributed by atoms with Gasteiger partial charge in [-0.3, -0.25) is 4.79 Å². The van der Waals surface area contributed by atoms with Gasteiger partial charge < -0.3 is 10.4 Å². The lowest BCUT2D eigenvalue weighted by atomic mass is 10.1. The molecule has 3 nitrogen and oxygen atoms in total. The maximum Gasteiger partial charge on any atom is 0.225 e. The van der Waals surface area contributed by atoms with Crippen LogP contribution in [-0.4, -0.2) is 24.2 Å². The molecule has 1 fully saturated rings. The lowest BCUT2D eigenvalue weighted by Gasteiger charge is -2.11. The molecule has 0 radical (unpaired) electrons. The first kappa shape index (κ1) is 7.54. The molecule has 0 aliphatic heterocycles. The zero-order valence-electron chi connectivity index (χ0n) is 6.13. The average Bonchev–Trinajstić information content (AvgIpc) is 2.34. The van der Waals surface area contributed by atoms with Gasteiger partial charge in [-0.25, -0.2) is 0 Å². The monoisotopic (exact) mass is 143 g/mol. The number of nitrogens with one attached hydrogen (secondary N) is 1. The molecular formula is C7H13NO2. The summed E-state index contributed by atoms with van der Waals surface area (Å²) in [6, 6.07) is 0. The molecule has 0 saturated heterocycles. The Balaban J connectivity index is 2.46. The molecule has 1 amide bonds. The molecule has 3 heteroatoms. The molecular weight excluding hydrogens is 130 g/mol. The summed E-state index contributed by atoms with van der Waals surface area (Å²) in [4.78, 5) is 11.0. The number of aliphatic hydroxyl groups excluding tert-OH is 1. The summed E-state index contributed by atoms with van der Waals surface area (Å²) in [7, 11) is 1.60. The molecule has 2 N–H and O–H groups in total. The van der Waals surface area contributed by atoms with Crippen LogP contribution in [0.2, 0.25) is 0 Å². The molecule has 2 atom stereocenters. The smallest absolute Gasteiger partial charge is 0.225 e. The largest absolute Gasteiger partial charge is 0.392 e. The molecule has 0 aromatic carbocycles. The third kappa shape index (κ3) is 1.29. The van der Waals surface area contributed by atoms with Crippen LogP contribution in [0.15, 0.2) is 0 Å². The summed E-state index contributed by atoms with van der Waals surface area (Å²) in [5, 5.41) is 11.8. The van der Waals surface area contributed by atoms with Crippen LogP contribution in [0.3, 0.4) is 0 Å². The van der Waals surface area contributed by atoms with E-state index in [1.807, 2.05) is 0 Å². The van der Waals surface area contributed by atoms with Crippen LogP contribution in [0, 0.1) is 5.92 Å². The lowest BCUT2D eigenvalue weighted by molar-refractivity contribution is -0.126. The molecule has 10 heavy (non-hydrogen) atoms. The Bertz CT molecular complexity index is 136. The maximum atomic E-state index is 11.0. The molecule has 58 valence electrons. The summed E-state index contributed by atoms with van der Waals surface area (Å²) >= 11 is 0. The predicted molar refractivity (Wildman–Crippen MR) is 37.4 cm³/mol. The summed E-state index contributed by atoms with van der Waals surface area (Å²) in [6.45, 7) is 0. The first-order valence-electron chi connectivity index (χ1n) is 3.65. The van der Waals surface area contributed by atoms with Crippen LogP contribution in [0.4, 0.5) is 0 Å². The fourth-order valence-corrected chi connectivity index (χ4v) is 1.43. The van der Waals surface area contributed by atoms with Crippen molar-refractivity contribution in [1.82, 2.24) is 5.32 Å². The molecule has 1 aliphatic rings. The van der Waals surface area contributed by atoms with E-state index in [0.717, 1.165) is 19.3 Å². The predicted octanol–water partition coefficient (Wildman–Crippen LogP) is -0.107. The van der Waals surface area contributed by atoms with Crippen molar-refractivity contribution in [1.29, 1.82) is 0 Å². The molecule has 0 heterocycles. The second kappa shape index (κ2) is 3.01. The molecule has 0 aromatic rings. The Hall–Kier alpha value is -0.570. The van der Waals surface area contributed by atoms with E-state index in [1.54, 1.807) is 7.05 Å². The van der Waals surface area contributed by atoms with E-state index in [4.69, 9.17) is 0 Å². The molecule has 0 unspecified atom stereocenters. The van der Waals surface area contributed by atoms with Crippen molar-refractivity contribution < 1.29 is 9.90 Å². The fraction of sp³-hybridized carbons (Fsp3) is 0.857. The molecule has 0 aromatic heterocycles. The van der Waals surface area contributed by atoms with E-state index < -0.39 is 6.10 Å². The third-order valence-corrected chi connectivity index (χ3v) is 2.06. The van der Waals surface area contributed by atoms with Crippen molar-refractivity contribution in [2.75, 3.05) is 7.05 Å². The Morgan fingerprint density at radius 1 is 1.60 bits per heavy atom. The van der Waals surface area contributed by atoms with Crippen LogP contribution >= 0.6 is 0 Å². The van der Waals surface area contributed by atoms with Gasteiger partial charge in [-0.1, -0.05) is 0 Å². The van der Waals surface area contributed by atoms with E-state index in [9.17, 15) is 9.90 Å². The highest BCUT2D eigenvalue weighted by atomic mass is 16.3. The van der Waals surface area contributed by atoms with Gasteiger partial charge in [0.25, 0.3) is 0 Å². The van der Waals surface area contributed by atoms with Gasteiger partial charge in [-0.05, 0) is 19.3 Å². The third-order valence-electron chi connectivity index (χ3n) is 2.06. The van der Waals surface area contributed by atoms with E-state index in [0.29, 0.717) is 0 Å². The minimum Gasteiger partial charge on any atom is -0.392 e. The van der Waals surface area contributed by atoms with Crippen molar-refractivity contribution in [3.8, 4) is 0 Å². The fourth-order valence-electron chi connectivity index (χ4n) is 1.43. The second-order valence-corrected chi connectivity index (χ2v) is 2.72. The number of hydrogen-bond acceptors (Lipinski definition) is 2. The summed E-state index contributed by atoms with van der Waals surface area (Å²) < 4.78 is 0. The number of rotatable bonds is 1. The topological polar surface area (TPSA) is 49.3 Å². The summed E-state index contributed by atoms with van der Waals surface area (Å²) in [5.74, 6) is -0.171. The van der Waals surface area contributed by atoms with E-state index in [-0.39, 0.29) is 11.8 Å². The Morgan fingerprint density at radius 3 is 2.70 bits per heavy atom. The van der Waals surface area contributed by atoms with Crippen molar-refractivity contribution in [3.05, 3.63) is 0 Å². The Labute approximate surface area is 60.4 Å². The normalized spacial score (nSPS) is 32.2. The highest BCUT2D eigenvalue weighted by molar-refractivity contribution is 5.79. The van der Waals surface area contributed by atoms with E-state index in [2.05, 4.69) is 5.32 Å². The summed E-state index contributed by atoms with van der Waals surface area (Å²) in [5.41, 5.74) is 0. The second-order valence-electron chi connectivity index (χ2n) is 2.72. The van der Waals surface area contributed by atoms with Gasteiger partial charge in [0, 0.05) is 7.05 Å². The van der Waals surface area contributed by atoms with Crippen LogP contribution in [0.5, 0.6) is 0 Å². The number of carbonyl (C=O) groups is 1. The van der Waals surface area contributed by atoms with Gasteiger partial charge in [0.15, 0.2) is 0 Å². The quantitative estimate of drug-likeness (QED) is 0.538. The molecule has 1 saturated carbocycles. The van der Waals surface area contributed by atoms with Crippen LogP contribution in [-0.2, 0) is 4.79 Å². The van der Waals surface area contributed by atoms with Crippen molar-refractivity contribution in [3.63, 3.8) is 0 Å². The molecule has 0 bridgehead atoms. The van der Waals surface area contributed by atoms with E-state index >= 15 is 0 Å². The zero-order chi connectivity index (χ0) is 7.56. The van der Waals surface area contributed by atoms with Gasteiger partial charge in [0.1, 0.15) is 0 Å². The van der Waals surface area contributed by atoms with Crippen molar-refractivity contribution >= 4 is 5.91 Å². The van der Waals surface area contributed by atoms with Crippen LogP contribution < -0.4 is 5.32 Å². The van der Waals surface area contributed by atoms with E-state index in [1.165, 1.54) is 0 Å². The Kier molecular flexibility index (Phi) is 2.27. The molecule has 1 rings (SSSR count). The highest BCUT2D eigenvalue weighted by Crippen LogP contribution is 2.25. The van der Waals surface area contributed by atoms with Gasteiger partial charge in [0.2, 0.25) is 5.91 Å². The molecule has 0 spiro atoms. The average molecular weight is 143 g/mol. The first-order valence-corrected chi connectivity index (χ1v) is 3.65. The van der Waals surface area contributed by atoms with Crippen LogP contribution in [0.25, 0.3) is 0 Å². The number of aliphatic hydroxyl groups is 1. The number of carbonyl (C=O) groups excluding carboxylic acids is 1. The Morgan fingerprint density at radius 2 is 2.30 bits per heavy atom. The van der Waals surface area contributed by atoms with Gasteiger partial charge >= 0.3 is 0 Å². The van der Waals surface area contributed by atoms with Gasteiger partial charge in [-0.2, -0.15) is 0 Å². The number of hydrogen-bond donors (Lipinski definition) is 2. The van der Waals surface area contributed by atoms with Crippen LogP contribution in [0.1, 0.15) is 19.3 Å². The van der Waals surface area contributed by atoms with Gasteiger partial charge in [-0.15, -0.1) is 0 Å². The summed E-state index contributed by atoms with van der Waals surface area (Å²) in [6.07, 6.45) is 2.18. The minimum absolute atomic E-state index is 0.0231. The standard InChI is InChI=1S/C7H13NO2/c1-8-7(10)5-3-2-4-6(5)9/h5-6,9H,2-4H2,1H3,(H,8,10)/t5-,6-/m0/s1. The minimum atomic E-state index is -0.403. The maximum absolute atomic E-state index is 11.0. The highest BCUT2D eigenvalue weighted by Gasteiger charge is 2.30. The molecule has 1 aliphatic carbocycles. The lowest BCUT2D eigenvalue weighted by Crippen LogP contribution is -2.32. The van der Waals surface area contributed by atoms with Gasteiger partial charge in [0.05, 0.1) is 12.0 Å². The number of amides is 1. The first-order chi connectivity index (χ1) is 4.75. The zero-order valence-corrected chi connectivity index (χ0v) is 6.13. The van der Waals surface area contributed by atoms with Crippen molar-refractivity contribution in [2.24, 2.45) is 5.92 Å². The SMILES string of the molecule is CNC(=O)[C@H]1CCC[C@@H]1O.